The molecule has 2 aromatic rings. The first-order valence-corrected chi connectivity index (χ1v) is 9.69. The first-order valence-electron chi connectivity index (χ1n) is 9.69. The standard InChI is InChI=1S/C22H26N2O6/c25-20(26)19(24-22(28)30-16-18-11-5-2-6-12-18)13-7-8-14-23-21(27)29-15-17-9-3-1-4-10-17/h1-6,9-12,19H,7-8,13-16H2,(H,23,27)(H,24,28)(H,25,26)/t19-/m0/s1. The molecule has 30 heavy (non-hydrogen) atoms. The van der Waals surface area contributed by atoms with Crippen LogP contribution in [0.2, 0.25) is 0 Å². The summed E-state index contributed by atoms with van der Waals surface area (Å²) >= 11 is 0. The fraction of sp³-hybridized carbons (Fsp3) is 0.318. The molecule has 0 unspecified atom stereocenters. The lowest BCUT2D eigenvalue weighted by Crippen LogP contribution is -2.41. The number of carboxylic acids is 1. The number of amides is 2. The van der Waals surface area contributed by atoms with E-state index in [2.05, 4.69) is 10.6 Å². The molecule has 0 aliphatic heterocycles. The van der Waals surface area contributed by atoms with Gasteiger partial charge in [0.2, 0.25) is 0 Å². The summed E-state index contributed by atoms with van der Waals surface area (Å²) in [5.74, 6) is -1.14. The molecule has 0 aliphatic rings. The van der Waals surface area contributed by atoms with E-state index in [0.29, 0.717) is 19.4 Å². The maximum Gasteiger partial charge on any atom is 0.408 e. The average molecular weight is 414 g/mol. The molecular formula is C22H26N2O6. The molecule has 0 heterocycles. The number of hydrogen-bond donors (Lipinski definition) is 3. The monoisotopic (exact) mass is 414 g/mol. The SMILES string of the molecule is O=C(NCCCC[C@H](NC(=O)OCc1ccccc1)C(=O)O)OCc1ccccc1. The largest absolute Gasteiger partial charge is 0.480 e. The molecular weight excluding hydrogens is 388 g/mol. The Hall–Kier alpha value is -3.55. The van der Waals surface area contributed by atoms with Crippen LogP contribution in [-0.4, -0.2) is 35.8 Å². The molecule has 0 saturated carbocycles. The van der Waals surface area contributed by atoms with Gasteiger partial charge in [-0.25, -0.2) is 14.4 Å². The van der Waals surface area contributed by atoms with Crippen molar-refractivity contribution in [1.82, 2.24) is 10.6 Å². The number of ether oxygens (including phenoxy) is 2. The lowest BCUT2D eigenvalue weighted by Gasteiger charge is -2.14. The summed E-state index contributed by atoms with van der Waals surface area (Å²) < 4.78 is 10.1. The van der Waals surface area contributed by atoms with Gasteiger partial charge in [0, 0.05) is 6.54 Å². The van der Waals surface area contributed by atoms with Crippen molar-refractivity contribution in [3.05, 3.63) is 71.8 Å². The van der Waals surface area contributed by atoms with Crippen molar-refractivity contribution in [2.75, 3.05) is 6.54 Å². The van der Waals surface area contributed by atoms with E-state index >= 15 is 0 Å². The number of rotatable bonds is 11. The van der Waals surface area contributed by atoms with Crippen LogP contribution in [0.4, 0.5) is 9.59 Å². The number of nitrogens with one attached hydrogen (secondary N) is 2. The number of aliphatic carboxylic acids is 1. The predicted molar refractivity (Wildman–Crippen MR) is 110 cm³/mol. The van der Waals surface area contributed by atoms with E-state index in [0.717, 1.165) is 11.1 Å². The van der Waals surface area contributed by atoms with Crippen LogP contribution in [0.3, 0.4) is 0 Å². The highest BCUT2D eigenvalue weighted by molar-refractivity contribution is 5.79. The molecule has 3 N–H and O–H groups in total. The molecule has 0 fully saturated rings. The number of alkyl carbamates (subject to hydrolysis) is 2. The Morgan fingerprint density at radius 2 is 1.33 bits per heavy atom. The third kappa shape index (κ3) is 9.09. The summed E-state index contributed by atoms with van der Waals surface area (Å²) in [6.07, 6.45) is -0.0544. The van der Waals surface area contributed by atoms with Crippen molar-refractivity contribution in [3.8, 4) is 0 Å². The highest BCUT2D eigenvalue weighted by Gasteiger charge is 2.20. The van der Waals surface area contributed by atoms with Gasteiger partial charge < -0.3 is 25.2 Å². The molecule has 0 aliphatic carbocycles. The minimum absolute atomic E-state index is 0.0635. The molecule has 8 nitrogen and oxygen atoms in total. The molecule has 8 heteroatoms. The molecule has 0 bridgehead atoms. The van der Waals surface area contributed by atoms with Gasteiger partial charge in [-0.2, -0.15) is 0 Å². The second-order valence-electron chi connectivity index (χ2n) is 6.58. The van der Waals surface area contributed by atoms with Crippen molar-refractivity contribution in [2.45, 2.75) is 38.5 Å². The van der Waals surface area contributed by atoms with E-state index in [1.807, 2.05) is 48.5 Å². The zero-order valence-electron chi connectivity index (χ0n) is 16.6. The third-order valence-electron chi connectivity index (χ3n) is 4.20. The van der Waals surface area contributed by atoms with Crippen molar-refractivity contribution in [2.24, 2.45) is 0 Å². The maximum absolute atomic E-state index is 11.8. The maximum atomic E-state index is 11.8. The van der Waals surface area contributed by atoms with Gasteiger partial charge in [0.15, 0.2) is 0 Å². The van der Waals surface area contributed by atoms with Gasteiger partial charge in [-0.05, 0) is 30.4 Å². The lowest BCUT2D eigenvalue weighted by atomic mass is 10.1. The van der Waals surface area contributed by atoms with Crippen molar-refractivity contribution < 1.29 is 29.0 Å². The fourth-order valence-electron chi connectivity index (χ4n) is 2.60. The molecule has 0 saturated heterocycles. The van der Waals surface area contributed by atoms with E-state index in [1.54, 1.807) is 12.1 Å². The minimum atomic E-state index is -1.14. The number of benzene rings is 2. The lowest BCUT2D eigenvalue weighted by molar-refractivity contribution is -0.139. The van der Waals surface area contributed by atoms with Crippen LogP contribution in [0.5, 0.6) is 0 Å². The average Bonchev–Trinajstić information content (AvgIpc) is 2.76. The second kappa shape index (κ2) is 12.8. The first kappa shape index (κ1) is 22.7. The number of carbonyl (C=O) groups excluding carboxylic acids is 2. The van der Waals surface area contributed by atoms with Gasteiger partial charge in [-0.3, -0.25) is 0 Å². The summed E-state index contributed by atoms with van der Waals surface area (Å²) in [5, 5.41) is 14.2. The summed E-state index contributed by atoms with van der Waals surface area (Å²) in [7, 11) is 0. The highest BCUT2D eigenvalue weighted by Crippen LogP contribution is 2.05. The Kier molecular flexibility index (Phi) is 9.72. The Morgan fingerprint density at radius 1 is 0.800 bits per heavy atom. The van der Waals surface area contributed by atoms with Gasteiger partial charge in [0.1, 0.15) is 19.3 Å². The van der Waals surface area contributed by atoms with Crippen molar-refractivity contribution in [1.29, 1.82) is 0 Å². The van der Waals surface area contributed by atoms with Gasteiger partial charge in [0.05, 0.1) is 0 Å². The van der Waals surface area contributed by atoms with Crippen LogP contribution in [0.25, 0.3) is 0 Å². The topological polar surface area (TPSA) is 114 Å². The Labute approximate surface area is 175 Å². The van der Waals surface area contributed by atoms with Gasteiger partial charge in [-0.15, -0.1) is 0 Å². The normalized spacial score (nSPS) is 11.2. The minimum Gasteiger partial charge on any atom is -0.480 e. The molecule has 0 aromatic heterocycles. The van der Waals surface area contributed by atoms with Crippen molar-refractivity contribution >= 4 is 18.2 Å². The van der Waals surface area contributed by atoms with E-state index in [4.69, 9.17) is 9.47 Å². The van der Waals surface area contributed by atoms with Crippen LogP contribution in [0, 0.1) is 0 Å². The number of hydrogen-bond acceptors (Lipinski definition) is 5. The molecule has 0 spiro atoms. The molecule has 1 atom stereocenters. The molecule has 2 rings (SSSR count). The van der Waals surface area contributed by atoms with Crippen LogP contribution >= 0.6 is 0 Å². The quantitative estimate of drug-likeness (QED) is 0.485. The van der Waals surface area contributed by atoms with E-state index < -0.39 is 24.2 Å². The fourth-order valence-corrected chi connectivity index (χ4v) is 2.60. The zero-order chi connectivity index (χ0) is 21.6. The first-order chi connectivity index (χ1) is 14.5. The Bertz CT molecular complexity index is 798. The van der Waals surface area contributed by atoms with Crippen LogP contribution in [0.1, 0.15) is 30.4 Å². The van der Waals surface area contributed by atoms with Crippen molar-refractivity contribution in [3.63, 3.8) is 0 Å². The summed E-state index contributed by atoms with van der Waals surface area (Å²) in [5.41, 5.74) is 1.70. The summed E-state index contributed by atoms with van der Waals surface area (Å²) in [6, 6.07) is 17.4. The molecule has 2 aromatic carbocycles. The Morgan fingerprint density at radius 3 is 1.87 bits per heavy atom. The number of unbranched alkanes of at least 4 members (excludes halogenated alkanes) is 1. The summed E-state index contributed by atoms with van der Waals surface area (Å²) in [4.78, 5) is 34.8. The van der Waals surface area contributed by atoms with Crippen LogP contribution < -0.4 is 10.6 Å². The highest BCUT2D eigenvalue weighted by atomic mass is 16.6. The van der Waals surface area contributed by atoms with Crippen LogP contribution in [0.15, 0.2) is 60.7 Å². The third-order valence-corrected chi connectivity index (χ3v) is 4.20. The van der Waals surface area contributed by atoms with E-state index in [-0.39, 0.29) is 19.6 Å². The van der Waals surface area contributed by atoms with Gasteiger partial charge in [0.25, 0.3) is 0 Å². The van der Waals surface area contributed by atoms with E-state index in [9.17, 15) is 19.5 Å². The molecule has 2 amide bonds. The van der Waals surface area contributed by atoms with Gasteiger partial charge >= 0.3 is 18.2 Å². The predicted octanol–water partition coefficient (Wildman–Crippen LogP) is 3.46. The Balaban J connectivity index is 1.59. The molecule has 0 radical (unpaired) electrons. The van der Waals surface area contributed by atoms with Gasteiger partial charge in [-0.1, -0.05) is 60.7 Å². The smallest absolute Gasteiger partial charge is 0.408 e. The molecule has 160 valence electrons. The second-order valence-corrected chi connectivity index (χ2v) is 6.58. The summed E-state index contributed by atoms with van der Waals surface area (Å²) in [6.45, 7) is 0.592. The zero-order valence-corrected chi connectivity index (χ0v) is 16.6. The van der Waals surface area contributed by atoms with Crippen LogP contribution in [-0.2, 0) is 27.5 Å². The van der Waals surface area contributed by atoms with E-state index in [1.165, 1.54) is 0 Å². The number of carboxylic acid groups (broad SMARTS) is 1. The number of carbonyl (C=O) groups is 3.